The summed E-state index contributed by atoms with van der Waals surface area (Å²) in [5, 5.41) is 8.44. The summed E-state index contributed by atoms with van der Waals surface area (Å²) >= 11 is 0. The van der Waals surface area contributed by atoms with Crippen LogP contribution in [-0.2, 0) is 33.8 Å². The molecule has 1 saturated carbocycles. The molecule has 1 aliphatic carbocycles. The van der Waals surface area contributed by atoms with E-state index in [2.05, 4.69) is 16.0 Å². The van der Waals surface area contributed by atoms with Gasteiger partial charge in [0, 0.05) is 24.6 Å². The first-order valence-corrected chi connectivity index (χ1v) is 11.6. The normalized spacial score (nSPS) is 19.8. The van der Waals surface area contributed by atoms with Crippen LogP contribution in [0.4, 0.5) is 30.7 Å². The second kappa shape index (κ2) is 9.96. The molecule has 3 N–H and O–H groups in total. The number of nitrogens with one attached hydrogen (secondary N) is 3. The molecule has 2 aromatic carbocycles. The number of carbonyl (C=O) groups is 2. The van der Waals surface area contributed by atoms with Gasteiger partial charge in [-0.15, -0.1) is 0 Å². The zero-order chi connectivity index (χ0) is 27.0. The Balaban J connectivity index is 1.55. The van der Waals surface area contributed by atoms with E-state index in [1.54, 1.807) is 0 Å². The Kier molecular flexibility index (Phi) is 7.24. The summed E-state index contributed by atoms with van der Waals surface area (Å²) in [4.78, 5) is 26.3. The molecular weight excluding hydrogens is 507 g/mol. The summed E-state index contributed by atoms with van der Waals surface area (Å²) in [5.41, 5.74) is -3.33. The zero-order valence-electron chi connectivity index (χ0n) is 19.4. The Morgan fingerprint density at radius 1 is 0.973 bits per heavy atom. The molecule has 0 aromatic heterocycles. The van der Waals surface area contributed by atoms with Crippen molar-refractivity contribution in [1.82, 2.24) is 16.0 Å². The van der Waals surface area contributed by atoms with Crippen LogP contribution in [0.1, 0.15) is 41.5 Å². The summed E-state index contributed by atoms with van der Waals surface area (Å²) in [5.74, 6) is -2.48. The van der Waals surface area contributed by atoms with Gasteiger partial charge in [-0.3, -0.25) is 9.59 Å². The van der Waals surface area contributed by atoms with Crippen LogP contribution in [0.25, 0.3) is 0 Å². The molecule has 5 nitrogen and oxygen atoms in total. The largest absolute Gasteiger partial charge is 0.416 e. The molecule has 2 amide bonds. The number of halogens is 7. The number of amides is 2. The molecule has 4 rings (SSSR count). The highest BCUT2D eigenvalue weighted by Crippen LogP contribution is 2.50. The second-order valence-electron chi connectivity index (χ2n) is 9.40. The highest BCUT2D eigenvalue weighted by atomic mass is 19.4. The van der Waals surface area contributed by atoms with Crippen molar-refractivity contribution in [1.29, 1.82) is 0 Å². The molecule has 2 atom stereocenters. The summed E-state index contributed by atoms with van der Waals surface area (Å²) in [7, 11) is 0. The lowest BCUT2D eigenvalue weighted by molar-refractivity contribution is -0.138. The molecule has 37 heavy (non-hydrogen) atoms. The van der Waals surface area contributed by atoms with Crippen molar-refractivity contribution in [3.05, 3.63) is 70.5 Å². The molecule has 0 radical (unpaired) electrons. The Labute approximate surface area is 207 Å². The van der Waals surface area contributed by atoms with E-state index in [1.807, 2.05) is 0 Å². The van der Waals surface area contributed by atoms with Gasteiger partial charge in [-0.2, -0.15) is 26.3 Å². The molecule has 0 bridgehead atoms. The minimum Gasteiger partial charge on any atom is -0.350 e. The first-order valence-electron chi connectivity index (χ1n) is 11.6. The first-order chi connectivity index (χ1) is 17.3. The highest BCUT2D eigenvalue weighted by molar-refractivity contribution is 5.95. The zero-order valence-corrected chi connectivity index (χ0v) is 19.4. The maximum atomic E-state index is 14.7. The molecule has 2 aromatic rings. The maximum absolute atomic E-state index is 14.7. The van der Waals surface area contributed by atoms with Crippen LogP contribution in [0.3, 0.4) is 0 Å². The molecule has 2 fully saturated rings. The third-order valence-electron chi connectivity index (χ3n) is 6.75. The molecule has 0 spiro atoms. The lowest BCUT2D eigenvalue weighted by Crippen LogP contribution is -2.53. The van der Waals surface area contributed by atoms with E-state index < -0.39 is 52.6 Å². The fraction of sp³-hybridized carbons (Fsp3) is 0.440. The fourth-order valence-corrected chi connectivity index (χ4v) is 4.47. The Morgan fingerprint density at radius 3 is 2.11 bits per heavy atom. The third kappa shape index (κ3) is 6.06. The van der Waals surface area contributed by atoms with E-state index in [-0.39, 0.29) is 30.9 Å². The molecule has 1 aliphatic heterocycles. The number of rotatable bonds is 7. The van der Waals surface area contributed by atoms with Gasteiger partial charge in [0.15, 0.2) is 0 Å². The maximum Gasteiger partial charge on any atom is 0.416 e. The van der Waals surface area contributed by atoms with E-state index >= 15 is 0 Å². The monoisotopic (exact) mass is 531 g/mol. The molecular formula is C25H24F7N3O2. The van der Waals surface area contributed by atoms with E-state index in [0.29, 0.717) is 37.2 Å². The van der Waals surface area contributed by atoms with Crippen molar-refractivity contribution in [2.75, 3.05) is 13.1 Å². The summed E-state index contributed by atoms with van der Waals surface area (Å²) in [6.45, 7) is 1.19. The SMILES string of the molecule is O=C(NC1CCNC1)C(Cc1ccc(C(F)(F)F)cc1)NC(=O)C1(c2ccc(C(F)(F)F)cc2F)CC1. The van der Waals surface area contributed by atoms with Gasteiger partial charge in [-0.05, 0) is 55.6 Å². The predicted octanol–water partition coefficient (Wildman–Crippen LogP) is 4.10. The Hall–Kier alpha value is -3.15. The average molecular weight is 531 g/mol. The summed E-state index contributed by atoms with van der Waals surface area (Å²) < 4.78 is 92.2. The van der Waals surface area contributed by atoms with Crippen LogP contribution < -0.4 is 16.0 Å². The van der Waals surface area contributed by atoms with Gasteiger partial charge in [0.1, 0.15) is 11.9 Å². The van der Waals surface area contributed by atoms with Gasteiger partial charge in [0.25, 0.3) is 0 Å². The number of carbonyl (C=O) groups excluding carboxylic acids is 2. The lowest BCUT2D eigenvalue weighted by atomic mass is 9.92. The lowest BCUT2D eigenvalue weighted by Gasteiger charge is -2.24. The smallest absolute Gasteiger partial charge is 0.350 e. The number of hydrogen-bond acceptors (Lipinski definition) is 3. The Bertz CT molecular complexity index is 1150. The third-order valence-corrected chi connectivity index (χ3v) is 6.75. The van der Waals surface area contributed by atoms with E-state index in [1.165, 1.54) is 12.1 Å². The van der Waals surface area contributed by atoms with Gasteiger partial charge in [0.2, 0.25) is 11.8 Å². The molecule has 12 heteroatoms. The van der Waals surface area contributed by atoms with E-state index in [9.17, 15) is 40.3 Å². The Morgan fingerprint density at radius 2 is 1.59 bits per heavy atom. The van der Waals surface area contributed by atoms with Crippen molar-refractivity contribution in [2.45, 2.75) is 55.5 Å². The van der Waals surface area contributed by atoms with Crippen molar-refractivity contribution in [3.8, 4) is 0 Å². The summed E-state index contributed by atoms with van der Waals surface area (Å²) in [6.07, 6.45) is -8.44. The topological polar surface area (TPSA) is 70.2 Å². The average Bonchev–Trinajstić information content (AvgIpc) is 3.46. The van der Waals surface area contributed by atoms with Crippen LogP contribution in [0, 0.1) is 5.82 Å². The first kappa shape index (κ1) is 26.9. The quantitative estimate of drug-likeness (QED) is 0.472. The van der Waals surface area contributed by atoms with E-state index in [0.717, 1.165) is 18.2 Å². The van der Waals surface area contributed by atoms with Crippen molar-refractivity contribution in [3.63, 3.8) is 0 Å². The van der Waals surface area contributed by atoms with Crippen molar-refractivity contribution in [2.24, 2.45) is 0 Å². The van der Waals surface area contributed by atoms with E-state index in [4.69, 9.17) is 0 Å². The minimum atomic E-state index is -4.75. The van der Waals surface area contributed by atoms with Crippen LogP contribution in [0.15, 0.2) is 42.5 Å². The van der Waals surface area contributed by atoms with Crippen LogP contribution in [-0.4, -0.2) is 37.0 Å². The minimum absolute atomic E-state index is 0.137. The van der Waals surface area contributed by atoms with Crippen molar-refractivity contribution >= 4 is 11.8 Å². The summed E-state index contributed by atoms with van der Waals surface area (Å²) in [6, 6.07) is 4.71. The molecule has 2 aliphatic rings. The van der Waals surface area contributed by atoms with Gasteiger partial charge in [-0.1, -0.05) is 18.2 Å². The second-order valence-corrected chi connectivity index (χ2v) is 9.40. The van der Waals surface area contributed by atoms with Gasteiger partial charge in [0.05, 0.1) is 16.5 Å². The molecule has 200 valence electrons. The van der Waals surface area contributed by atoms with Gasteiger partial charge < -0.3 is 16.0 Å². The molecule has 1 heterocycles. The van der Waals surface area contributed by atoms with Crippen LogP contribution in [0.5, 0.6) is 0 Å². The highest BCUT2D eigenvalue weighted by Gasteiger charge is 2.53. The van der Waals surface area contributed by atoms with Crippen molar-refractivity contribution < 1.29 is 40.3 Å². The number of alkyl halides is 6. The number of benzene rings is 2. The van der Waals surface area contributed by atoms with Gasteiger partial charge in [-0.25, -0.2) is 4.39 Å². The molecule has 1 saturated heterocycles. The molecule has 2 unspecified atom stereocenters. The predicted molar refractivity (Wildman–Crippen MR) is 119 cm³/mol. The standard InChI is InChI=1S/C25H24F7N3O2/c26-19-12-16(25(30,31)32)5-6-18(19)23(8-9-23)22(37)35-20(21(36)34-17-7-10-33-13-17)11-14-1-3-15(4-2-14)24(27,28)29/h1-6,12,17,20,33H,7-11,13H2,(H,34,36)(H,35,37). The van der Waals surface area contributed by atoms with Crippen LogP contribution in [0.2, 0.25) is 0 Å². The number of hydrogen-bond donors (Lipinski definition) is 3. The fourth-order valence-electron chi connectivity index (χ4n) is 4.47. The van der Waals surface area contributed by atoms with Crippen LogP contribution >= 0.6 is 0 Å². The van der Waals surface area contributed by atoms with Gasteiger partial charge >= 0.3 is 12.4 Å².